The molecule has 0 aliphatic rings. The van der Waals surface area contributed by atoms with Gasteiger partial charge in [-0.15, -0.1) is 10.2 Å². The Kier molecular flexibility index (Phi) is 3.34. The van der Waals surface area contributed by atoms with Gasteiger partial charge in [-0.2, -0.15) is 0 Å². The Bertz CT molecular complexity index is 574. The van der Waals surface area contributed by atoms with E-state index >= 15 is 0 Å². The predicted octanol–water partition coefficient (Wildman–Crippen LogP) is 2.27. The van der Waals surface area contributed by atoms with Gasteiger partial charge in [-0.05, 0) is 34.1 Å². The van der Waals surface area contributed by atoms with Gasteiger partial charge in [-0.3, -0.25) is 10.1 Å². The number of nitrogens with zero attached hydrogens (tertiary/aromatic N) is 2. The van der Waals surface area contributed by atoms with Crippen LogP contribution in [0.1, 0.15) is 10.4 Å². The number of hydrogen-bond acceptors (Lipinski definition) is 5. The SMILES string of the molecule is Nc1nnc(NC(=O)c2ccc(Br)c(F)c2)s1. The van der Waals surface area contributed by atoms with Crippen LogP contribution in [0.3, 0.4) is 0 Å². The maximum absolute atomic E-state index is 13.2. The topological polar surface area (TPSA) is 80.9 Å². The van der Waals surface area contributed by atoms with Gasteiger partial charge in [0.05, 0.1) is 4.47 Å². The standard InChI is InChI=1S/C9H6BrFN4OS/c10-5-2-1-4(3-6(5)11)7(16)13-9-15-14-8(12)17-9/h1-3H,(H2,12,14)(H,13,15,16). The van der Waals surface area contributed by atoms with Crippen molar-refractivity contribution in [2.45, 2.75) is 0 Å². The van der Waals surface area contributed by atoms with Crippen LogP contribution in [-0.4, -0.2) is 16.1 Å². The number of rotatable bonds is 2. The first-order valence-electron chi connectivity index (χ1n) is 4.41. The van der Waals surface area contributed by atoms with Crippen molar-refractivity contribution in [2.24, 2.45) is 0 Å². The van der Waals surface area contributed by atoms with Crippen LogP contribution < -0.4 is 11.1 Å². The average Bonchev–Trinajstić information content (AvgIpc) is 2.68. The highest BCUT2D eigenvalue weighted by Gasteiger charge is 2.11. The van der Waals surface area contributed by atoms with Crippen molar-refractivity contribution in [3.8, 4) is 0 Å². The molecule has 0 saturated heterocycles. The molecule has 17 heavy (non-hydrogen) atoms. The summed E-state index contributed by atoms with van der Waals surface area (Å²) in [4.78, 5) is 11.7. The Labute approximate surface area is 108 Å². The second-order valence-electron chi connectivity index (χ2n) is 3.03. The van der Waals surface area contributed by atoms with E-state index in [2.05, 4.69) is 31.4 Å². The van der Waals surface area contributed by atoms with Crippen LogP contribution in [-0.2, 0) is 0 Å². The minimum absolute atomic E-state index is 0.194. The molecule has 0 fully saturated rings. The largest absolute Gasteiger partial charge is 0.374 e. The summed E-state index contributed by atoms with van der Waals surface area (Å²) in [5, 5.41) is 10.2. The molecule has 88 valence electrons. The fourth-order valence-electron chi connectivity index (χ4n) is 1.09. The molecule has 1 aromatic heterocycles. The number of benzene rings is 1. The first kappa shape index (κ1) is 11.9. The third kappa shape index (κ3) is 2.77. The number of amides is 1. The monoisotopic (exact) mass is 316 g/mol. The lowest BCUT2D eigenvalue weighted by Gasteiger charge is -2.01. The Morgan fingerprint density at radius 2 is 2.24 bits per heavy atom. The number of aromatic nitrogens is 2. The lowest BCUT2D eigenvalue weighted by atomic mass is 10.2. The molecule has 0 aliphatic carbocycles. The van der Waals surface area contributed by atoms with E-state index in [0.29, 0.717) is 4.47 Å². The van der Waals surface area contributed by atoms with Crippen LogP contribution in [0.2, 0.25) is 0 Å². The number of halogens is 2. The van der Waals surface area contributed by atoms with Crippen molar-refractivity contribution in [1.82, 2.24) is 10.2 Å². The van der Waals surface area contributed by atoms with Crippen LogP contribution >= 0.6 is 27.3 Å². The number of carbonyl (C=O) groups excluding carboxylic acids is 1. The summed E-state index contributed by atoms with van der Waals surface area (Å²) in [6, 6.07) is 4.08. The van der Waals surface area contributed by atoms with E-state index in [4.69, 9.17) is 5.73 Å². The zero-order valence-corrected chi connectivity index (χ0v) is 10.7. The van der Waals surface area contributed by atoms with E-state index in [1.165, 1.54) is 12.1 Å². The summed E-state index contributed by atoms with van der Waals surface area (Å²) >= 11 is 4.04. The molecule has 5 nitrogen and oxygen atoms in total. The van der Waals surface area contributed by atoms with Crippen LogP contribution in [0.5, 0.6) is 0 Å². The molecule has 2 rings (SSSR count). The van der Waals surface area contributed by atoms with Gasteiger partial charge in [0.2, 0.25) is 10.3 Å². The van der Waals surface area contributed by atoms with Gasteiger partial charge in [-0.25, -0.2) is 4.39 Å². The first-order chi connectivity index (χ1) is 8.06. The number of carbonyl (C=O) groups is 1. The van der Waals surface area contributed by atoms with E-state index in [1.54, 1.807) is 0 Å². The van der Waals surface area contributed by atoms with Gasteiger partial charge in [0.15, 0.2) is 0 Å². The Hall–Kier alpha value is -1.54. The van der Waals surface area contributed by atoms with E-state index in [-0.39, 0.29) is 15.8 Å². The Balaban J connectivity index is 2.17. The molecule has 3 N–H and O–H groups in total. The average molecular weight is 317 g/mol. The lowest BCUT2D eigenvalue weighted by molar-refractivity contribution is 0.102. The first-order valence-corrected chi connectivity index (χ1v) is 6.02. The van der Waals surface area contributed by atoms with Crippen LogP contribution in [0.15, 0.2) is 22.7 Å². The summed E-state index contributed by atoms with van der Waals surface area (Å²) in [6.45, 7) is 0. The highest BCUT2D eigenvalue weighted by Crippen LogP contribution is 2.19. The molecule has 0 spiro atoms. The van der Waals surface area contributed by atoms with Crippen molar-refractivity contribution in [3.05, 3.63) is 34.1 Å². The Morgan fingerprint density at radius 3 is 2.82 bits per heavy atom. The van der Waals surface area contributed by atoms with Gasteiger partial charge in [0.25, 0.3) is 5.91 Å². The summed E-state index contributed by atoms with van der Waals surface area (Å²) < 4.78 is 13.5. The van der Waals surface area contributed by atoms with Gasteiger partial charge < -0.3 is 5.73 Å². The molecule has 1 amide bonds. The summed E-state index contributed by atoms with van der Waals surface area (Å²) in [5.74, 6) is -0.970. The molecule has 1 aromatic carbocycles. The van der Waals surface area contributed by atoms with E-state index < -0.39 is 11.7 Å². The normalized spacial score (nSPS) is 10.2. The van der Waals surface area contributed by atoms with Crippen molar-refractivity contribution in [2.75, 3.05) is 11.1 Å². The maximum atomic E-state index is 13.2. The van der Waals surface area contributed by atoms with Crippen LogP contribution in [0, 0.1) is 5.82 Å². The van der Waals surface area contributed by atoms with Crippen molar-refractivity contribution >= 4 is 43.4 Å². The van der Waals surface area contributed by atoms with Crippen LogP contribution in [0.4, 0.5) is 14.7 Å². The molecule has 0 aliphatic heterocycles. The Morgan fingerprint density at radius 1 is 1.47 bits per heavy atom. The quantitative estimate of drug-likeness (QED) is 0.890. The van der Waals surface area contributed by atoms with E-state index in [0.717, 1.165) is 17.4 Å². The summed E-state index contributed by atoms with van der Waals surface area (Å²) in [6.07, 6.45) is 0. The zero-order chi connectivity index (χ0) is 12.4. The van der Waals surface area contributed by atoms with Crippen molar-refractivity contribution < 1.29 is 9.18 Å². The molecule has 0 radical (unpaired) electrons. The lowest BCUT2D eigenvalue weighted by Crippen LogP contribution is -2.11. The molecule has 2 aromatic rings. The molecular formula is C9H6BrFN4OS. The summed E-state index contributed by atoms with van der Waals surface area (Å²) in [7, 11) is 0. The molecule has 0 saturated carbocycles. The maximum Gasteiger partial charge on any atom is 0.257 e. The second kappa shape index (κ2) is 4.76. The molecular weight excluding hydrogens is 311 g/mol. The highest BCUT2D eigenvalue weighted by molar-refractivity contribution is 9.10. The molecule has 1 heterocycles. The fraction of sp³-hybridized carbons (Fsp3) is 0. The van der Waals surface area contributed by atoms with Crippen LogP contribution in [0.25, 0.3) is 0 Å². The second-order valence-corrected chi connectivity index (χ2v) is 4.89. The van der Waals surface area contributed by atoms with Gasteiger partial charge in [0, 0.05) is 5.56 Å². The fourth-order valence-corrected chi connectivity index (χ4v) is 1.84. The number of hydrogen-bond donors (Lipinski definition) is 2. The summed E-state index contributed by atoms with van der Waals surface area (Å²) in [5.41, 5.74) is 5.56. The number of nitrogens with one attached hydrogen (secondary N) is 1. The van der Waals surface area contributed by atoms with E-state index in [1.807, 2.05) is 0 Å². The highest BCUT2D eigenvalue weighted by atomic mass is 79.9. The number of nitrogen functional groups attached to an aromatic ring is 1. The van der Waals surface area contributed by atoms with Gasteiger partial charge >= 0.3 is 0 Å². The molecule has 8 heteroatoms. The van der Waals surface area contributed by atoms with Gasteiger partial charge in [-0.1, -0.05) is 11.3 Å². The molecule has 0 atom stereocenters. The number of anilines is 2. The smallest absolute Gasteiger partial charge is 0.257 e. The van der Waals surface area contributed by atoms with Crippen molar-refractivity contribution in [3.63, 3.8) is 0 Å². The third-order valence-electron chi connectivity index (χ3n) is 1.84. The molecule has 0 unspecified atom stereocenters. The predicted molar refractivity (Wildman–Crippen MR) is 66.4 cm³/mol. The van der Waals surface area contributed by atoms with E-state index in [9.17, 15) is 9.18 Å². The third-order valence-corrected chi connectivity index (χ3v) is 3.15. The van der Waals surface area contributed by atoms with Crippen molar-refractivity contribution in [1.29, 1.82) is 0 Å². The zero-order valence-electron chi connectivity index (χ0n) is 8.28. The number of nitrogens with two attached hydrogens (primary N) is 1. The molecule has 0 bridgehead atoms. The minimum atomic E-state index is -0.505. The van der Waals surface area contributed by atoms with Gasteiger partial charge in [0.1, 0.15) is 5.82 Å². The minimum Gasteiger partial charge on any atom is -0.374 e.